The maximum absolute atomic E-state index is 11.1. The fourth-order valence-corrected chi connectivity index (χ4v) is 3.65. The van der Waals surface area contributed by atoms with E-state index < -0.39 is 11.9 Å². The molecule has 6 nitrogen and oxygen atoms in total. The van der Waals surface area contributed by atoms with Crippen LogP contribution in [0.2, 0.25) is 0 Å². The summed E-state index contributed by atoms with van der Waals surface area (Å²) in [6, 6.07) is 12.5. The second kappa shape index (κ2) is 9.73. The lowest BCUT2D eigenvalue weighted by Gasteiger charge is -2.22. The molecular weight excluding hydrogens is 396 g/mol. The van der Waals surface area contributed by atoms with Crippen molar-refractivity contribution >= 4 is 11.9 Å². The molecule has 0 N–H and O–H groups in total. The second-order valence-electron chi connectivity index (χ2n) is 7.65. The van der Waals surface area contributed by atoms with Gasteiger partial charge in [0.2, 0.25) is 0 Å². The highest BCUT2D eigenvalue weighted by Crippen LogP contribution is 2.49. The summed E-state index contributed by atoms with van der Waals surface area (Å²) in [6.45, 7) is 11.5. The van der Waals surface area contributed by atoms with E-state index in [2.05, 4.69) is 51.3 Å². The molecule has 0 atom stereocenters. The van der Waals surface area contributed by atoms with E-state index in [9.17, 15) is 9.59 Å². The molecule has 2 aromatic rings. The number of carbonyl (C=O) groups is 2. The zero-order valence-corrected chi connectivity index (χ0v) is 17.8. The smallest absolute Gasteiger partial charge is 0.332 e. The molecular formula is C25H26O6. The van der Waals surface area contributed by atoms with Gasteiger partial charge in [-0.1, -0.05) is 63.4 Å². The molecule has 6 heteroatoms. The second-order valence-corrected chi connectivity index (χ2v) is 7.65. The summed E-state index contributed by atoms with van der Waals surface area (Å²) in [5, 5.41) is 0. The minimum Gasteiger partial charge on any atom is -0.435 e. The summed E-state index contributed by atoms with van der Waals surface area (Å²) in [7, 11) is 0. The molecule has 3 rings (SSSR count). The van der Waals surface area contributed by atoms with Crippen molar-refractivity contribution in [2.24, 2.45) is 0 Å². The third-order valence-corrected chi connectivity index (χ3v) is 5.24. The van der Waals surface area contributed by atoms with Crippen LogP contribution in [0.5, 0.6) is 0 Å². The van der Waals surface area contributed by atoms with Crippen LogP contribution in [-0.2, 0) is 47.2 Å². The Kier molecular flexibility index (Phi) is 7.05. The Balaban J connectivity index is 1.69. The molecule has 0 heterocycles. The monoisotopic (exact) mass is 422 g/mol. The lowest BCUT2D eigenvalue weighted by Crippen LogP contribution is -2.16. The number of rotatable bonds is 10. The number of esters is 2. The molecule has 1 aliphatic carbocycles. The Bertz CT molecular complexity index is 926. The average molecular weight is 422 g/mol. The fraction of sp³-hybridized carbons (Fsp3) is 0.280. The van der Waals surface area contributed by atoms with Crippen molar-refractivity contribution in [2.45, 2.75) is 32.5 Å². The van der Waals surface area contributed by atoms with Crippen molar-refractivity contribution in [2.75, 3.05) is 13.6 Å². The molecule has 0 amide bonds. The largest absolute Gasteiger partial charge is 0.435 e. The van der Waals surface area contributed by atoms with E-state index in [1.807, 2.05) is 12.1 Å². The molecule has 162 valence electrons. The zero-order valence-electron chi connectivity index (χ0n) is 17.8. The van der Waals surface area contributed by atoms with Gasteiger partial charge in [0, 0.05) is 17.6 Å². The van der Waals surface area contributed by atoms with Crippen LogP contribution in [0.25, 0.3) is 11.1 Å². The first kappa shape index (κ1) is 22.5. The van der Waals surface area contributed by atoms with Crippen molar-refractivity contribution in [3.63, 3.8) is 0 Å². The molecule has 0 aromatic heterocycles. The number of fused-ring (bicyclic) bond motifs is 3. The first-order valence-corrected chi connectivity index (χ1v) is 9.88. The Morgan fingerprint density at radius 3 is 1.61 bits per heavy atom. The van der Waals surface area contributed by atoms with Gasteiger partial charge < -0.3 is 18.9 Å². The SMILES string of the molecule is C=CC(=O)OCOCc1ccc2c(c1)C(C)(C)c1cc(COCOC(=O)C=C)ccc1-2. The highest BCUT2D eigenvalue weighted by atomic mass is 16.7. The van der Waals surface area contributed by atoms with Crippen LogP contribution in [0.4, 0.5) is 0 Å². The van der Waals surface area contributed by atoms with Gasteiger partial charge in [0.05, 0.1) is 13.2 Å². The van der Waals surface area contributed by atoms with Crippen LogP contribution >= 0.6 is 0 Å². The van der Waals surface area contributed by atoms with Crippen LogP contribution in [0.1, 0.15) is 36.1 Å². The topological polar surface area (TPSA) is 71.1 Å². The van der Waals surface area contributed by atoms with Crippen LogP contribution in [0.15, 0.2) is 61.7 Å². The Morgan fingerprint density at radius 1 is 0.806 bits per heavy atom. The highest BCUT2D eigenvalue weighted by molar-refractivity contribution is 5.82. The lowest BCUT2D eigenvalue weighted by molar-refractivity contribution is -0.152. The van der Waals surface area contributed by atoms with Gasteiger partial charge in [-0.15, -0.1) is 0 Å². The molecule has 2 aromatic carbocycles. The number of benzene rings is 2. The molecule has 0 saturated carbocycles. The normalized spacial score (nSPS) is 13.1. The van der Waals surface area contributed by atoms with E-state index in [1.165, 1.54) is 22.3 Å². The Hall–Kier alpha value is -3.22. The zero-order chi connectivity index (χ0) is 22.4. The van der Waals surface area contributed by atoms with Gasteiger partial charge in [-0.05, 0) is 33.4 Å². The summed E-state index contributed by atoms with van der Waals surface area (Å²) in [6.07, 6.45) is 2.21. The van der Waals surface area contributed by atoms with Crippen molar-refractivity contribution in [3.8, 4) is 11.1 Å². The quantitative estimate of drug-likeness (QED) is 0.245. The average Bonchev–Trinajstić information content (AvgIpc) is 3.00. The van der Waals surface area contributed by atoms with Gasteiger partial charge >= 0.3 is 11.9 Å². The van der Waals surface area contributed by atoms with Crippen LogP contribution in [0, 0.1) is 0 Å². The predicted molar refractivity (Wildman–Crippen MR) is 116 cm³/mol. The summed E-state index contributed by atoms with van der Waals surface area (Å²) in [5.74, 6) is -1.02. The third kappa shape index (κ3) is 5.10. The number of hydrogen-bond acceptors (Lipinski definition) is 6. The lowest BCUT2D eigenvalue weighted by atomic mass is 9.81. The molecule has 0 unspecified atom stereocenters. The fourth-order valence-electron chi connectivity index (χ4n) is 3.65. The molecule has 0 spiro atoms. The standard InChI is InChI=1S/C25H26O6/c1-5-23(26)30-15-28-13-17-7-9-19-20-10-8-18(14-29-16-31-24(27)6-2)12-22(20)25(3,4)21(19)11-17/h5-12H,1-2,13-16H2,3-4H3. The van der Waals surface area contributed by atoms with Crippen molar-refractivity contribution < 1.29 is 28.5 Å². The van der Waals surface area contributed by atoms with Crippen LogP contribution in [-0.4, -0.2) is 25.5 Å². The maximum Gasteiger partial charge on any atom is 0.332 e. The molecule has 0 aliphatic heterocycles. The minimum absolute atomic E-state index is 0.114. The van der Waals surface area contributed by atoms with Gasteiger partial charge in [-0.2, -0.15) is 0 Å². The minimum atomic E-state index is -0.510. The Labute approximate surface area is 182 Å². The summed E-state index contributed by atoms with van der Waals surface area (Å²) >= 11 is 0. The predicted octanol–water partition coefficient (Wildman–Crippen LogP) is 4.40. The number of carbonyl (C=O) groups excluding carboxylic acids is 2. The van der Waals surface area contributed by atoms with E-state index in [4.69, 9.17) is 18.9 Å². The molecule has 1 aliphatic rings. The molecule has 0 radical (unpaired) electrons. The van der Waals surface area contributed by atoms with Gasteiger partial charge in [-0.25, -0.2) is 9.59 Å². The van der Waals surface area contributed by atoms with Gasteiger partial charge in [0.15, 0.2) is 13.6 Å². The van der Waals surface area contributed by atoms with Crippen LogP contribution < -0.4 is 0 Å². The summed E-state index contributed by atoms with van der Waals surface area (Å²) in [4.78, 5) is 22.2. The van der Waals surface area contributed by atoms with Crippen molar-refractivity contribution in [1.82, 2.24) is 0 Å². The maximum atomic E-state index is 11.1. The molecule has 0 fully saturated rings. The van der Waals surface area contributed by atoms with E-state index in [1.54, 1.807) is 0 Å². The number of ether oxygens (including phenoxy) is 4. The van der Waals surface area contributed by atoms with E-state index in [0.717, 1.165) is 23.3 Å². The van der Waals surface area contributed by atoms with E-state index >= 15 is 0 Å². The first-order chi connectivity index (χ1) is 14.9. The molecule has 31 heavy (non-hydrogen) atoms. The van der Waals surface area contributed by atoms with Gasteiger partial charge in [-0.3, -0.25) is 0 Å². The highest BCUT2D eigenvalue weighted by Gasteiger charge is 2.35. The van der Waals surface area contributed by atoms with Crippen LogP contribution in [0.3, 0.4) is 0 Å². The van der Waals surface area contributed by atoms with Gasteiger partial charge in [0.1, 0.15) is 0 Å². The Morgan fingerprint density at radius 2 is 1.23 bits per heavy atom. The van der Waals surface area contributed by atoms with Gasteiger partial charge in [0.25, 0.3) is 0 Å². The van der Waals surface area contributed by atoms with Crippen molar-refractivity contribution in [1.29, 1.82) is 0 Å². The summed E-state index contributed by atoms with van der Waals surface area (Å²) < 4.78 is 20.6. The summed E-state index contributed by atoms with van der Waals surface area (Å²) in [5.41, 5.74) is 6.61. The number of hydrogen-bond donors (Lipinski definition) is 0. The van der Waals surface area contributed by atoms with E-state index in [-0.39, 0.29) is 19.0 Å². The molecule has 0 saturated heterocycles. The van der Waals surface area contributed by atoms with E-state index in [0.29, 0.717) is 13.2 Å². The first-order valence-electron chi connectivity index (χ1n) is 9.88. The third-order valence-electron chi connectivity index (χ3n) is 5.24. The van der Waals surface area contributed by atoms with Crippen molar-refractivity contribution in [3.05, 3.63) is 84.0 Å². The molecule has 0 bridgehead atoms.